The Bertz CT molecular complexity index is 289. The fourth-order valence-electron chi connectivity index (χ4n) is 1.09. The van der Waals surface area contributed by atoms with Gasteiger partial charge in [0.05, 0.1) is 6.20 Å². The molecule has 4 nitrogen and oxygen atoms in total. The minimum absolute atomic E-state index is 0.605. The Balaban J connectivity index is 0.000000461. The molecule has 2 rings (SSSR count). The van der Waals surface area contributed by atoms with Gasteiger partial charge < -0.3 is 14.8 Å². The monoisotopic (exact) mass is 196 g/mol. The van der Waals surface area contributed by atoms with Crippen molar-refractivity contribution in [3.63, 3.8) is 0 Å². The van der Waals surface area contributed by atoms with Crippen LogP contribution in [-0.2, 0) is 0 Å². The van der Waals surface area contributed by atoms with E-state index in [2.05, 4.69) is 10.3 Å². The summed E-state index contributed by atoms with van der Waals surface area (Å²) in [5, 5.41) is 2.93. The number of aromatic nitrogens is 1. The smallest absolute Gasteiger partial charge is 0.179 e. The summed E-state index contributed by atoms with van der Waals surface area (Å²) in [5.74, 6) is 2.28. The van der Waals surface area contributed by atoms with E-state index in [1.165, 1.54) is 0 Å². The minimum atomic E-state index is 0.605. The van der Waals surface area contributed by atoms with Crippen LogP contribution in [0.15, 0.2) is 12.3 Å². The van der Waals surface area contributed by atoms with Gasteiger partial charge in [-0.05, 0) is 0 Å². The van der Waals surface area contributed by atoms with E-state index in [0.717, 1.165) is 17.3 Å². The predicted octanol–water partition coefficient (Wildman–Crippen LogP) is 1.92. The maximum absolute atomic E-state index is 5.36. The van der Waals surface area contributed by atoms with Crippen molar-refractivity contribution in [3.8, 4) is 11.5 Å². The summed E-state index contributed by atoms with van der Waals surface area (Å²) >= 11 is 0. The zero-order valence-corrected chi connectivity index (χ0v) is 8.83. The second kappa shape index (κ2) is 5.32. The van der Waals surface area contributed by atoms with Gasteiger partial charge in [0.25, 0.3) is 0 Å². The highest BCUT2D eigenvalue weighted by molar-refractivity contribution is 5.48. The lowest BCUT2D eigenvalue weighted by molar-refractivity contribution is 0.171. The van der Waals surface area contributed by atoms with Gasteiger partial charge in [-0.3, -0.25) is 0 Å². The van der Waals surface area contributed by atoms with Crippen LogP contribution < -0.4 is 14.8 Å². The van der Waals surface area contributed by atoms with Crippen molar-refractivity contribution >= 4 is 5.82 Å². The number of ether oxygens (including phenoxy) is 2. The van der Waals surface area contributed by atoms with E-state index in [1.54, 1.807) is 6.20 Å². The van der Waals surface area contributed by atoms with Crippen molar-refractivity contribution in [1.29, 1.82) is 0 Å². The average molecular weight is 196 g/mol. The van der Waals surface area contributed by atoms with Crippen LogP contribution in [0.5, 0.6) is 11.5 Å². The molecule has 0 radical (unpaired) electrons. The van der Waals surface area contributed by atoms with Crippen LogP contribution in [0.25, 0.3) is 0 Å². The first-order valence-electron chi connectivity index (χ1n) is 4.83. The zero-order valence-electron chi connectivity index (χ0n) is 8.83. The lowest BCUT2D eigenvalue weighted by Gasteiger charge is -2.17. The molecule has 0 spiro atoms. The third-order valence-corrected chi connectivity index (χ3v) is 1.69. The molecule has 0 saturated carbocycles. The van der Waals surface area contributed by atoms with Gasteiger partial charge in [0.15, 0.2) is 11.5 Å². The molecule has 1 aromatic heterocycles. The van der Waals surface area contributed by atoms with Gasteiger partial charge in [-0.25, -0.2) is 4.98 Å². The number of nitrogens with one attached hydrogen (secondary N) is 1. The molecule has 0 aromatic carbocycles. The van der Waals surface area contributed by atoms with E-state index >= 15 is 0 Å². The summed E-state index contributed by atoms with van der Waals surface area (Å²) in [5.41, 5.74) is 0. The van der Waals surface area contributed by atoms with E-state index in [-0.39, 0.29) is 0 Å². The van der Waals surface area contributed by atoms with Gasteiger partial charge in [-0.2, -0.15) is 0 Å². The van der Waals surface area contributed by atoms with Crippen molar-refractivity contribution in [2.75, 3.05) is 25.6 Å². The summed E-state index contributed by atoms with van der Waals surface area (Å²) in [4.78, 5) is 4.09. The molecule has 1 aliphatic rings. The lowest BCUT2D eigenvalue weighted by atomic mass is 10.4. The fraction of sp³-hybridized carbons (Fsp3) is 0.500. The SMILES string of the molecule is CC.CNc1cc2c(cn1)OCCO2. The number of nitrogens with zero attached hydrogens (tertiary/aromatic N) is 1. The van der Waals surface area contributed by atoms with E-state index in [0.29, 0.717) is 13.2 Å². The Morgan fingerprint density at radius 3 is 2.50 bits per heavy atom. The summed E-state index contributed by atoms with van der Waals surface area (Å²) in [7, 11) is 1.82. The lowest BCUT2D eigenvalue weighted by Crippen LogP contribution is -2.15. The third kappa shape index (κ3) is 2.28. The van der Waals surface area contributed by atoms with Gasteiger partial charge in [-0.15, -0.1) is 0 Å². The van der Waals surface area contributed by atoms with Crippen LogP contribution in [0.4, 0.5) is 5.82 Å². The van der Waals surface area contributed by atoms with Gasteiger partial charge >= 0.3 is 0 Å². The van der Waals surface area contributed by atoms with Crippen LogP contribution in [0.3, 0.4) is 0 Å². The number of anilines is 1. The summed E-state index contributed by atoms with van der Waals surface area (Å²) in [6, 6.07) is 1.83. The first-order valence-corrected chi connectivity index (χ1v) is 4.83. The van der Waals surface area contributed by atoms with Gasteiger partial charge in [-0.1, -0.05) is 13.8 Å². The summed E-state index contributed by atoms with van der Waals surface area (Å²) in [6.45, 7) is 5.22. The molecule has 1 aromatic rings. The number of hydrogen-bond acceptors (Lipinski definition) is 4. The van der Waals surface area contributed by atoms with Gasteiger partial charge in [0.1, 0.15) is 19.0 Å². The van der Waals surface area contributed by atoms with Crippen LogP contribution in [0, 0.1) is 0 Å². The van der Waals surface area contributed by atoms with E-state index in [9.17, 15) is 0 Å². The Kier molecular flexibility index (Phi) is 4.04. The van der Waals surface area contributed by atoms with E-state index < -0.39 is 0 Å². The van der Waals surface area contributed by atoms with Crippen molar-refractivity contribution < 1.29 is 9.47 Å². The van der Waals surface area contributed by atoms with Crippen LogP contribution in [0.2, 0.25) is 0 Å². The van der Waals surface area contributed by atoms with Crippen LogP contribution >= 0.6 is 0 Å². The summed E-state index contributed by atoms with van der Waals surface area (Å²) in [6.07, 6.45) is 1.67. The standard InChI is InChI=1S/C8H10N2O2.C2H6/c1-9-8-4-6-7(5-10-8)12-3-2-11-6;1-2/h4-5H,2-3H2,1H3,(H,9,10);1-2H3. The number of rotatable bonds is 1. The Labute approximate surface area is 84.3 Å². The predicted molar refractivity (Wildman–Crippen MR) is 56.1 cm³/mol. The topological polar surface area (TPSA) is 43.4 Å². The summed E-state index contributed by atoms with van der Waals surface area (Å²) < 4.78 is 10.7. The molecule has 0 saturated heterocycles. The quantitative estimate of drug-likeness (QED) is 0.745. The van der Waals surface area contributed by atoms with Crippen LogP contribution in [0.1, 0.15) is 13.8 Å². The maximum atomic E-state index is 5.36. The number of fused-ring (bicyclic) bond motifs is 1. The molecule has 0 unspecified atom stereocenters. The van der Waals surface area contributed by atoms with Crippen molar-refractivity contribution in [2.24, 2.45) is 0 Å². The van der Waals surface area contributed by atoms with Crippen molar-refractivity contribution in [3.05, 3.63) is 12.3 Å². The van der Waals surface area contributed by atoms with Crippen molar-refractivity contribution in [2.45, 2.75) is 13.8 Å². The second-order valence-corrected chi connectivity index (χ2v) is 2.46. The van der Waals surface area contributed by atoms with E-state index in [4.69, 9.17) is 9.47 Å². The van der Waals surface area contributed by atoms with Crippen molar-refractivity contribution in [1.82, 2.24) is 4.98 Å². The molecule has 0 bridgehead atoms. The molecule has 0 amide bonds. The first-order chi connectivity index (χ1) is 6.90. The zero-order chi connectivity index (χ0) is 10.4. The molecule has 0 aliphatic carbocycles. The highest BCUT2D eigenvalue weighted by Crippen LogP contribution is 2.30. The second-order valence-electron chi connectivity index (χ2n) is 2.46. The molecule has 78 valence electrons. The van der Waals surface area contributed by atoms with Crippen LogP contribution in [-0.4, -0.2) is 25.2 Å². The Morgan fingerprint density at radius 2 is 1.86 bits per heavy atom. The molecule has 0 fully saturated rings. The first kappa shape index (κ1) is 10.6. The fourth-order valence-corrected chi connectivity index (χ4v) is 1.09. The van der Waals surface area contributed by atoms with Gasteiger partial charge in [0.2, 0.25) is 0 Å². The molecular weight excluding hydrogens is 180 g/mol. The molecular formula is C10H16N2O2. The molecule has 14 heavy (non-hydrogen) atoms. The number of hydrogen-bond donors (Lipinski definition) is 1. The highest BCUT2D eigenvalue weighted by atomic mass is 16.6. The molecule has 0 atom stereocenters. The Morgan fingerprint density at radius 1 is 1.21 bits per heavy atom. The molecule has 4 heteroatoms. The third-order valence-electron chi connectivity index (χ3n) is 1.69. The van der Waals surface area contributed by atoms with E-state index in [1.807, 2.05) is 27.0 Å². The number of pyridine rings is 1. The molecule has 1 N–H and O–H groups in total. The Hall–Kier alpha value is -1.45. The maximum Gasteiger partial charge on any atom is 0.179 e. The normalized spacial score (nSPS) is 12.5. The van der Waals surface area contributed by atoms with Gasteiger partial charge in [0, 0.05) is 13.1 Å². The molecule has 1 aliphatic heterocycles. The largest absolute Gasteiger partial charge is 0.486 e. The molecule has 2 heterocycles. The minimum Gasteiger partial charge on any atom is -0.486 e. The highest BCUT2D eigenvalue weighted by Gasteiger charge is 2.11. The average Bonchev–Trinajstić information content (AvgIpc) is 2.31.